The van der Waals surface area contributed by atoms with Gasteiger partial charge in [0.25, 0.3) is 5.56 Å². The lowest BCUT2D eigenvalue weighted by Gasteiger charge is -2.16. The highest BCUT2D eigenvalue weighted by molar-refractivity contribution is 6.33. The molecule has 0 aliphatic carbocycles. The van der Waals surface area contributed by atoms with Gasteiger partial charge >= 0.3 is 5.97 Å². The molecule has 9 heteroatoms. The van der Waals surface area contributed by atoms with Crippen molar-refractivity contribution in [1.29, 1.82) is 0 Å². The molecule has 1 aromatic carbocycles. The van der Waals surface area contributed by atoms with Gasteiger partial charge in [-0.3, -0.25) is 4.79 Å². The summed E-state index contributed by atoms with van der Waals surface area (Å²) in [4.78, 5) is 23.6. The van der Waals surface area contributed by atoms with Gasteiger partial charge in [0.05, 0.1) is 11.9 Å². The normalized spacial score (nSPS) is 12.0. The summed E-state index contributed by atoms with van der Waals surface area (Å²) in [6.45, 7) is 1.92. The predicted octanol–water partition coefficient (Wildman–Crippen LogP) is 3.22. The Hall–Kier alpha value is -2.48. The Morgan fingerprint density at radius 3 is 2.76 bits per heavy atom. The first-order valence-corrected chi connectivity index (χ1v) is 7.95. The summed E-state index contributed by atoms with van der Waals surface area (Å²) in [5.74, 6) is -2.85. The van der Waals surface area contributed by atoms with E-state index >= 15 is 0 Å². The minimum absolute atomic E-state index is 0.0361. The molecule has 0 unspecified atom stereocenters. The Morgan fingerprint density at radius 1 is 1.44 bits per heavy atom. The number of carbonyl (C=O) groups is 1. The average molecular weight is 372 g/mol. The molecule has 0 fully saturated rings. The molecule has 0 radical (unpaired) electrons. The first-order valence-electron chi connectivity index (χ1n) is 7.57. The van der Waals surface area contributed by atoms with Gasteiger partial charge in [-0.05, 0) is 18.6 Å². The molecule has 134 valence electrons. The molecule has 25 heavy (non-hydrogen) atoms. The van der Waals surface area contributed by atoms with E-state index < -0.39 is 29.2 Å². The van der Waals surface area contributed by atoms with Crippen LogP contribution in [-0.2, 0) is 4.79 Å². The molecular formula is C16H16ClF2N3O3. The fourth-order valence-electron chi connectivity index (χ4n) is 2.21. The van der Waals surface area contributed by atoms with Gasteiger partial charge in [0.2, 0.25) is 0 Å². The van der Waals surface area contributed by atoms with Crippen molar-refractivity contribution >= 4 is 23.3 Å². The highest BCUT2D eigenvalue weighted by Gasteiger charge is 2.20. The molecule has 1 aromatic heterocycles. The first kappa shape index (κ1) is 18.9. The van der Waals surface area contributed by atoms with E-state index in [0.717, 1.165) is 24.8 Å². The number of carboxylic acid groups (broad SMARTS) is 1. The van der Waals surface area contributed by atoms with Crippen molar-refractivity contribution < 1.29 is 18.7 Å². The van der Waals surface area contributed by atoms with E-state index in [0.29, 0.717) is 23.6 Å². The smallest absolute Gasteiger partial charge is 0.326 e. The summed E-state index contributed by atoms with van der Waals surface area (Å²) < 4.78 is 27.5. The number of aliphatic carboxylic acids is 1. The number of nitrogens with zero attached hydrogens (tertiary/aromatic N) is 2. The second-order valence-corrected chi connectivity index (χ2v) is 5.74. The third kappa shape index (κ3) is 4.33. The zero-order valence-electron chi connectivity index (χ0n) is 13.3. The molecule has 0 saturated carbocycles. The summed E-state index contributed by atoms with van der Waals surface area (Å²) >= 11 is 5.99. The van der Waals surface area contributed by atoms with Gasteiger partial charge in [-0.25, -0.2) is 13.6 Å². The van der Waals surface area contributed by atoms with Crippen molar-refractivity contribution in [2.24, 2.45) is 0 Å². The lowest BCUT2D eigenvalue weighted by Crippen LogP contribution is -2.31. The Balaban J connectivity index is 2.37. The quantitative estimate of drug-likeness (QED) is 0.780. The largest absolute Gasteiger partial charge is 0.480 e. The molecule has 6 nitrogen and oxygen atoms in total. The molecule has 1 atom stereocenters. The van der Waals surface area contributed by atoms with Gasteiger partial charge in [-0.1, -0.05) is 31.4 Å². The number of rotatable bonds is 7. The predicted molar refractivity (Wildman–Crippen MR) is 89.3 cm³/mol. The van der Waals surface area contributed by atoms with Crippen LogP contribution in [-0.4, -0.2) is 26.9 Å². The van der Waals surface area contributed by atoms with Gasteiger partial charge < -0.3 is 10.4 Å². The second kappa shape index (κ2) is 8.06. The number of anilines is 1. The molecule has 0 amide bonds. The Morgan fingerprint density at radius 2 is 2.16 bits per heavy atom. The van der Waals surface area contributed by atoms with Crippen LogP contribution in [0.3, 0.4) is 0 Å². The Kier molecular flexibility index (Phi) is 6.08. The zero-order chi connectivity index (χ0) is 18.6. The van der Waals surface area contributed by atoms with Crippen molar-refractivity contribution in [3.63, 3.8) is 0 Å². The van der Waals surface area contributed by atoms with Gasteiger partial charge in [0.1, 0.15) is 22.6 Å². The van der Waals surface area contributed by atoms with Crippen LogP contribution in [0.4, 0.5) is 14.5 Å². The van der Waals surface area contributed by atoms with E-state index in [-0.39, 0.29) is 16.4 Å². The Labute approximate surface area is 147 Å². The van der Waals surface area contributed by atoms with E-state index in [9.17, 15) is 23.5 Å². The summed E-state index contributed by atoms with van der Waals surface area (Å²) in [7, 11) is 0. The summed E-state index contributed by atoms with van der Waals surface area (Å²) in [5.41, 5.74) is -1.08. The third-order valence-electron chi connectivity index (χ3n) is 3.53. The minimum atomic E-state index is -1.08. The van der Waals surface area contributed by atoms with Crippen LogP contribution in [0.25, 0.3) is 5.69 Å². The van der Waals surface area contributed by atoms with Gasteiger partial charge in [0.15, 0.2) is 5.82 Å². The third-order valence-corrected chi connectivity index (χ3v) is 3.90. The number of unbranched alkanes of at least 4 members (excludes halogenated alkanes) is 1. The second-order valence-electron chi connectivity index (χ2n) is 5.36. The van der Waals surface area contributed by atoms with Crippen molar-refractivity contribution in [2.75, 3.05) is 5.32 Å². The van der Waals surface area contributed by atoms with Gasteiger partial charge in [0, 0.05) is 6.07 Å². The van der Waals surface area contributed by atoms with Crippen LogP contribution in [0.5, 0.6) is 0 Å². The van der Waals surface area contributed by atoms with Gasteiger partial charge in [-0.15, -0.1) is 0 Å². The highest BCUT2D eigenvalue weighted by Crippen LogP contribution is 2.20. The number of nitrogens with one attached hydrogen (secondary N) is 1. The minimum Gasteiger partial charge on any atom is -0.480 e. The van der Waals surface area contributed by atoms with E-state index in [1.165, 1.54) is 0 Å². The van der Waals surface area contributed by atoms with Crippen LogP contribution in [0.2, 0.25) is 5.02 Å². The number of benzene rings is 1. The number of halogens is 3. The topological polar surface area (TPSA) is 84.2 Å². The van der Waals surface area contributed by atoms with Crippen molar-refractivity contribution in [3.8, 4) is 5.69 Å². The number of hydrogen-bond donors (Lipinski definition) is 2. The molecule has 0 saturated heterocycles. The number of hydrogen-bond acceptors (Lipinski definition) is 4. The molecule has 0 aliphatic rings. The van der Waals surface area contributed by atoms with Crippen LogP contribution in [0, 0.1) is 11.6 Å². The SMILES string of the molecule is CCCC[C@H](Nc1cnn(-c2ccc(F)cc2F)c(=O)c1Cl)C(=O)O. The standard InChI is InChI=1S/C16H16ClF2N3O3/c1-2-3-4-11(16(24)25)21-12-8-20-22(15(23)14(12)17)13-6-5-9(18)7-10(13)19/h5-8,11,21H,2-4H2,1H3,(H,24,25)/t11-/m0/s1. The molecule has 0 bridgehead atoms. The molecule has 0 aliphatic heterocycles. The maximum absolute atomic E-state index is 13.8. The molecule has 2 rings (SSSR count). The molecule has 2 N–H and O–H groups in total. The average Bonchev–Trinajstić information content (AvgIpc) is 2.56. The number of carboxylic acids is 1. The van der Waals surface area contributed by atoms with Crippen molar-refractivity contribution in [1.82, 2.24) is 9.78 Å². The van der Waals surface area contributed by atoms with Crippen LogP contribution < -0.4 is 10.9 Å². The Bertz CT molecular complexity index is 842. The van der Waals surface area contributed by atoms with Crippen LogP contribution >= 0.6 is 11.6 Å². The molecule has 1 heterocycles. The van der Waals surface area contributed by atoms with Crippen molar-refractivity contribution in [3.05, 3.63) is 51.4 Å². The fourth-order valence-corrected chi connectivity index (χ4v) is 2.39. The van der Waals surface area contributed by atoms with Crippen LogP contribution in [0.1, 0.15) is 26.2 Å². The number of aromatic nitrogens is 2. The van der Waals surface area contributed by atoms with E-state index in [4.69, 9.17) is 11.6 Å². The first-order chi connectivity index (χ1) is 11.8. The van der Waals surface area contributed by atoms with E-state index in [2.05, 4.69) is 10.4 Å². The monoisotopic (exact) mass is 371 g/mol. The lowest BCUT2D eigenvalue weighted by atomic mass is 10.1. The van der Waals surface area contributed by atoms with E-state index in [1.54, 1.807) is 0 Å². The fraction of sp³-hybridized carbons (Fsp3) is 0.312. The van der Waals surface area contributed by atoms with Crippen LogP contribution in [0.15, 0.2) is 29.2 Å². The molecule has 0 spiro atoms. The summed E-state index contributed by atoms with van der Waals surface area (Å²) in [6.07, 6.45) is 2.96. The lowest BCUT2D eigenvalue weighted by molar-refractivity contribution is -0.138. The summed E-state index contributed by atoms with van der Waals surface area (Å²) in [6, 6.07) is 1.73. The maximum atomic E-state index is 13.8. The van der Waals surface area contributed by atoms with Gasteiger partial charge in [-0.2, -0.15) is 9.78 Å². The molecular weight excluding hydrogens is 356 g/mol. The van der Waals surface area contributed by atoms with E-state index in [1.807, 2.05) is 6.92 Å². The zero-order valence-corrected chi connectivity index (χ0v) is 14.1. The van der Waals surface area contributed by atoms with Crippen molar-refractivity contribution in [2.45, 2.75) is 32.2 Å². The highest BCUT2D eigenvalue weighted by atomic mass is 35.5. The summed E-state index contributed by atoms with van der Waals surface area (Å²) in [5, 5.41) is 15.3. The molecule has 2 aromatic rings. The maximum Gasteiger partial charge on any atom is 0.326 e.